The zero-order valence-electron chi connectivity index (χ0n) is 16.9. The van der Waals surface area contributed by atoms with Gasteiger partial charge in [-0.1, -0.05) is 12.1 Å². The Hall–Kier alpha value is -3.02. The molecule has 1 aliphatic carbocycles. The monoisotopic (exact) mass is 393 g/mol. The zero-order valence-corrected chi connectivity index (χ0v) is 16.9. The second kappa shape index (κ2) is 8.55. The van der Waals surface area contributed by atoms with E-state index in [-0.39, 0.29) is 5.91 Å². The number of hydrogen-bond donors (Lipinski definition) is 2. The first-order chi connectivity index (χ1) is 14.2. The van der Waals surface area contributed by atoms with E-state index in [1.54, 1.807) is 19.6 Å². The Morgan fingerprint density at radius 1 is 1.28 bits per heavy atom. The lowest BCUT2D eigenvalue weighted by atomic mass is 9.82. The number of aromatic nitrogens is 2. The number of amides is 1. The number of nitrogens with zero attached hydrogens (tertiary/aromatic N) is 1. The molecular weight excluding hydrogens is 366 g/mol. The molecule has 0 bridgehead atoms. The summed E-state index contributed by atoms with van der Waals surface area (Å²) in [5.74, 6) is 2.43. The summed E-state index contributed by atoms with van der Waals surface area (Å²) in [6, 6.07) is 9.63. The third kappa shape index (κ3) is 4.21. The van der Waals surface area contributed by atoms with Gasteiger partial charge in [-0.3, -0.25) is 4.79 Å². The lowest BCUT2D eigenvalue weighted by Gasteiger charge is -2.26. The van der Waals surface area contributed by atoms with E-state index in [0.29, 0.717) is 23.9 Å². The predicted molar refractivity (Wildman–Crippen MR) is 111 cm³/mol. The molecule has 1 amide bonds. The number of para-hydroxylation sites is 1. The molecule has 4 rings (SSSR count). The van der Waals surface area contributed by atoms with Crippen LogP contribution in [0.5, 0.6) is 5.75 Å². The van der Waals surface area contributed by atoms with Crippen molar-refractivity contribution in [1.82, 2.24) is 15.3 Å². The molecule has 0 radical (unpaired) electrons. The van der Waals surface area contributed by atoms with Gasteiger partial charge in [-0.25, -0.2) is 4.98 Å². The maximum atomic E-state index is 12.9. The first-order valence-corrected chi connectivity index (χ1v) is 10.2. The molecule has 152 valence electrons. The first kappa shape index (κ1) is 19.3. The minimum absolute atomic E-state index is 0.0509. The van der Waals surface area contributed by atoms with Crippen molar-refractivity contribution >= 4 is 5.91 Å². The van der Waals surface area contributed by atoms with Crippen molar-refractivity contribution in [1.29, 1.82) is 0 Å². The Morgan fingerprint density at radius 3 is 2.79 bits per heavy atom. The van der Waals surface area contributed by atoms with Crippen molar-refractivity contribution in [3.63, 3.8) is 0 Å². The topological polar surface area (TPSA) is 80.2 Å². The summed E-state index contributed by atoms with van der Waals surface area (Å²) in [4.78, 5) is 20.5. The quantitative estimate of drug-likeness (QED) is 0.637. The molecule has 6 nitrogen and oxygen atoms in total. The van der Waals surface area contributed by atoms with Crippen LogP contribution in [-0.4, -0.2) is 29.5 Å². The number of rotatable bonds is 6. The standard InChI is InChI=1S/C23H27N3O3/c1-15-13-19(21(26-15)18-5-3-4-6-20(18)28-2)22(27)25-14-16-7-9-17(10-8-16)23-24-11-12-29-23/h3-6,11-13,16-17,26H,7-10,14H2,1-2H3,(H,25,27). The third-order valence-electron chi connectivity index (χ3n) is 5.77. The summed E-state index contributed by atoms with van der Waals surface area (Å²) in [6.45, 7) is 2.65. The number of aryl methyl sites for hydroxylation is 1. The molecule has 2 N–H and O–H groups in total. The molecular formula is C23H27N3O3. The highest BCUT2D eigenvalue weighted by Crippen LogP contribution is 2.35. The summed E-state index contributed by atoms with van der Waals surface area (Å²) in [7, 11) is 1.64. The fourth-order valence-electron chi connectivity index (χ4n) is 4.21. The molecule has 0 unspecified atom stereocenters. The smallest absolute Gasteiger partial charge is 0.253 e. The van der Waals surface area contributed by atoms with E-state index in [1.807, 2.05) is 37.3 Å². The molecule has 0 saturated heterocycles. The third-order valence-corrected chi connectivity index (χ3v) is 5.77. The maximum absolute atomic E-state index is 12.9. The van der Waals surface area contributed by atoms with Crippen LogP contribution in [0.3, 0.4) is 0 Å². The van der Waals surface area contributed by atoms with Crippen LogP contribution in [0, 0.1) is 12.8 Å². The number of methoxy groups -OCH3 is 1. The highest BCUT2D eigenvalue weighted by atomic mass is 16.5. The van der Waals surface area contributed by atoms with Crippen LogP contribution in [0.15, 0.2) is 47.2 Å². The Morgan fingerprint density at radius 2 is 2.07 bits per heavy atom. The number of carbonyl (C=O) groups is 1. The normalized spacial score (nSPS) is 19.1. The van der Waals surface area contributed by atoms with Crippen molar-refractivity contribution in [3.05, 3.63) is 59.9 Å². The lowest BCUT2D eigenvalue weighted by molar-refractivity contribution is 0.0943. The second-order valence-electron chi connectivity index (χ2n) is 7.74. The summed E-state index contributed by atoms with van der Waals surface area (Å²) in [5.41, 5.74) is 3.28. The number of oxazole rings is 1. The van der Waals surface area contributed by atoms with Crippen LogP contribution in [0.2, 0.25) is 0 Å². The molecule has 0 spiro atoms. The Kier molecular flexibility index (Phi) is 5.69. The molecule has 2 aromatic heterocycles. The van der Waals surface area contributed by atoms with Crippen LogP contribution in [0.25, 0.3) is 11.3 Å². The van der Waals surface area contributed by atoms with E-state index < -0.39 is 0 Å². The predicted octanol–water partition coefficient (Wildman–Crippen LogP) is 4.69. The van der Waals surface area contributed by atoms with E-state index in [1.165, 1.54) is 0 Å². The number of H-pyrrole nitrogens is 1. The van der Waals surface area contributed by atoms with Gasteiger partial charge in [0, 0.05) is 23.7 Å². The lowest BCUT2D eigenvalue weighted by Crippen LogP contribution is -2.31. The molecule has 1 aromatic carbocycles. The van der Waals surface area contributed by atoms with Gasteiger partial charge >= 0.3 is 0 Å². The van der Waals surface area contributed by atoms with E-state index in [9.17, 15) is 4.79 Å². The van der Waals surface area contributed by atoms with Gasteiger partial charge in [0.1, 0.15) is 12.0 Å². The van der Waals surface area contributed by atoms with Crippen molar-refractivity contribution < 1.29 is 13.9 Å². The van der Waals surface area contributed by atoms with Crippen molar-refractivity contribution in [2.45, 2.75) is 38.5 Å². The fraction of sp³-hybridized carbons (Fsp3) is 0.391. The van der Waals surface area contributed by atoms with Crippen molar-refractivity contribution in [2.75, 3.05) is 13.7 Å². The largest absolute Gasteiger partial charge is 0.496 e. The summed E-state index contributed by atoms with van der Waals surface area (Å²) in [6.07, 6.45) is 7.59. The van der Waals surface area contributed by atoms with Gasteiger partial charge in [0.05, 0.1) is 24.6 Å². The minimum Gasteiger partial charge on any atom is -0.496 e. The SMILES string of the molecule is COc1ccccc1-c1[nH]c(C)cc1C(=O)NCC1CCC(c2ncco2)CC1. The van der Waals surface area contributed by atoms with Gasteiger partial charge in [-0.15, -0.1) is 0 Å². The highest BCUT2D eigenvalue weighted by molar-refractivity contribution is 6.01. The number of aromatic amines is 1. The number of hydrogen-bond acceptors (Lipinski definition) is 4. The zero-order chi connectivity index (χ0) is 20.2. The van der Waals surface area contributed by atoms with Crippen molar-refractivity contribution in [2.24, 2.45) is 5.92 Å². The van der Waals surface area contributed by atoms with Crippen LogP contribution in [0.1, 0.15) is 53.5 Å². The average molecular weight is 393 g/mol. The number of carbonyl (C=O) groups excluding carboxylic acids is 1. The van der Waals surface area contributed by atoms with Crippen LogP contribution in [0.4, 0.5) is 0 Å². The molecule has 0 aliphatic heterocycles. The van der Waals surface area contributed by atoms with E-state index >= 15 is 0 Å². The number of benzene rings is 1. The van der Waals surface area contributed by atoms with Gasteiger partial charge in [0.25, 0.3) is 5.91 Å². The molecule has 1 aliphatic rings. The molecule has 0 atom stereocenters. The Labute approximate surface area is 170 Å². The van der Waals surface area contributed by atoms with Gasteiger partial charge in [-0.2, -0.15) is 0 Å². The Balaban J connectivity index is 1.40. The molecule has 2 heterocycles. The summed E-state index contributed by atoms with van der Waals surface area (Å²) < 4.78 is 10.9. The summed E-state index contributed by atoms with van der Waals surface area (Å²) >= 11 is 0. The van der Waals surface area contributed by atoms with Crippen LogP contribution >= 0.6 is 0 Å². The van der Waals surface area contributed by atoms with E-state index in [2.05, 4.69) is 15.3 Å². The molecule has 1 fully saturated rings. The fourth-order valence-corrected chi connectivity index (χ4v) is 4.21. The maximum Gasteiger partial charge on any atom is 0.253 e. The first-order valence-electron chi connectivity index (χ1n) is 10.2. The Bertz CT molecular complexity index is 954. The van der Waals surface area contributed by atoms with Crippen LogP contribution in [-0.2, 0) is 0 Å². The summed E-state index contributed by atoms with van der Waals surface area (Å²) in [5, 5.41) is 3.14. The van der Waals surface area contributed by atoms with Gasteiger partial charge in [0.15, 0.2) is 5.89 Å². The van der Waals surface area contributed by atoms with E-state index in [4.69, 9.17) is 9.15 Å². The van der Waals surface area contributed by atoms with Gasteiger partial charge in [-0.05, 0) is 56.7 Å². The van der Waals surface area contributed by atoms with Crippen molar-refractivity contribution in [3.8, 4) is 17.0 Å². The molecule has 1 saturated carbocycles. The highest BCUT2D eigenvalue weighted by Gasteiger charge is 2.26. The molecule has 29 heavy (non-hydrogen) atoms. The average Bonchev–Trinajstić information content (AvgIpc) is 3.42. The molecule has 3 aromatic rings. The second-order valence-corrected chi connectivity index (χ2v) is 7.74. The number of nitrogens with one attached hydrogen (secondary N) is 2. The van der Waals surface area contributed by atoms with Gasteiger partial charge < -0.3 is 19.5 Å². The van der Waals surface area contributed by atoms with E-state index in [0.717, 1.165) is 54.3 Å². The molecule has 6 heteroatoms. The number of ether oxygens (including phenoxy) is 1. The van der Waals surface area contributed by atoms with Crippen LogP contribution < -0.4 is 10.1 Å². The minimum atomic E-state index is -0.0509. The van der Waals surface area contributed by atoms with Gasteiger partial charge in [0.2, 0.25) is 0 Å².